The van der Waals surface area contributed by atoms with E-state index in [4.69, 9.17) is 22.7 Å². The topological polar surface area (TPSA) is 49.9 Å². The zero-order valence-electron chi connectivity index (χ0n) is 3.16. The Labute approximate surface area is 41.1 Å². The van der Waals surface area contributed by atoms with E-state index in [2.05, 4.69) is 6.58 Å². The van der Waals surface area contributed by atoms with Gasteiger partial charge < -0.3 is 5.73 Å². The SMILES string of the molecule is C=C(N)C(=N)Cl. The van der Waals surface area contributed by atoms with E-state index in [-0.39, 0.29) is 10.9 Å². The van der Waals surface area contributed by atoms with E-state index >= 15 is 0 Å². The fourth-order valence-corrected chi connectivity index (χ4v) is 0. The van der Waals surface area contributed by atoms with Gasteiger partial charge in [-0.1, -0.05) is 18.2 Å². The van der Waals surface area contributed by atoms with Crippen molar-refractivity contribution in [2.45, 2.75) is 0 Å². The monoisotopic (exact) mass is 104 g/mol. The van der Waals surface area contributed by atoms with Crippen LogP contribution in [-0.2, 0) is 0 Å². The second-order valence-electron chi connectivity index (χ2n) is 0.839. The summed E-state index contributed by atoms with van der Waals surface area (Å²) in [5.41, 5.74) is 4.99. The average molecular weight is 105 g/mol. The van der Waals surface area contributed by atoms with E-state index in [0.717, 1.165) is 0 Å². The number of rotatable bonds is 1. The molecule has 0 aromatic rings. The van der Waals surface area contributed by atoms with Crippen molar-refractivity contribution in [3.8, 4) is 0 Å². The van der Waals surface area contributed by atoms with Gasteiger partial charge in [0.15, 0.2) is 0 Å². The van der Waals surface area contributed by atoms with Gasteiger partial charge in [-0.2, -0.15) is 0 Å². The third-order valence-electron chi connectivity index (χ3n) is 0.282. The van der Waals surface area contributed by atoms with Gasteiger partial charge in [0.25, 0.3) is 0 Å². The molecule has 0 saturated heterocycles. The molecule has 3 heteroatoms. The Morgan fingerprint density at radius 2 is 2.00 bits per heavy atom. The minimum atomic E-state index is -0.185. The summed E-state index contributed by atoms with van der Waals surface area (Å²) in [6.45, 7) is 3.18. The third-order valence-corrected chi connectivity index (χ3v) is 0.525. The first-order chi connectivity index (χ1) is 2.64. The molecular formula is C3H5ClN2. The Balaban J connectivity index is 3.57. The summed E-state index contributed by atoms with van der Waals surface area (Å²) in [6, 6.07) is 0. The lowest BCUT2D eigenvalue weighted by atomic mass is 10.6. The molecule has 0 atom stereocenters. The van der Waals surface area contributed by atoms with Crippen LogP contribution in [0, 0.1) is 5.41 Å². The van der Waals surface area contributed by atoms with E-state index in [1.807, 2.05) is 0 Å². The summed E-state index contributed by atoms with van der Waals surface area (Å²) in [7, 11) is 0. The second-order valence-corrected chi connectivity index (χ2v) is 1.22. The highest BCUT2D eigenvalue weighted by atomic mass is 35.5. The first-order valence-electron chi connectivity index (χ1n) is 1.33. The van der Waals surface area contributed by atoms with Gasteiger partial charge in [0, 0.05) is 0 Å². The summed E-state index contributed by atoms with van der Waals surface area (Å²) in [6.07, 6.45) is 0. The highest BCUT2D eigenvalue weighted by Crippen LogP contribution is 1.84. The standard InChI is InChI=1S/C3H5ClN2/c1-2(5)3(4)6/h6H,1,5H2. The number of nitrogens with one attached hydrogen (secondary N) is 1. The highest BCUT2D eigenvalue weighted by Gasteiger charge is 1.84. The number of hydrogen-bond acceptors (Lipinski definition) is 2. The molecular weight excluding hydrogens is 99.5 g/mol. The molecule has 0 saturated carbocycles. The molecule has 0 fully saturated rings. The molecule has 34 valence electrons. The molecule has 2 nitrogen and oxygen atoms in total. The Kier molecular flexibility index (Phi) is 1.67. The number of halogens is 1. The molecule has 0 spiro atoms. The lowest BCUT2D eigenvalue weighted by Crippen LogP contribution is -2.00. The zero-order chi connectivity index (χ0) is 5.15. The van der Waals surface area contributed by atoms with Gasteiger partial charge in [-0.15, -0.1) is 0 Å². The molecule has 0 aromatic carbocycles. The molecule has 0 radical (unpaired) electrons. The largest absolute Gasteiger partial charge is 0.397 e. The van der Waals surface area contributed by atoms with Gasteiger partial charge in [-0.3, -0.25) is 5.41 Å². The van der Waals surface area contributed by atoms with Crippen molar-refractivity contribution in [2.75, 3.05) is 0 Å². The number of nitrogens with two attached hydrogens (primary N) is 1. The summed E-state index contributed by atoms with van der Waals surface area (Å²) < 4.78 is 0. The van der Waals surface area contributed by atoms with Crippen molar-refractivity contribution in [2.24, 2.45) is 5.73 Å². The fourth-order valence-electron chi connectivity index (χ4n) is 0. The Hall–Kier alpha value is -0.500. The van der Waals surface area contributed by atoms with Crippen LogP contribution in [-0.4, -0.2) is 5.17 Å². The van der Waals surface area contributed by atoms with E-state index in [0.29, 0.717) is 0 Å². The van der Waals surface area contributed by atoms with Crippen LogP contribution in [0.5, 0.6) is 0 Å². The third kappa shape index (κ3) is 1.79. The first-order valence-corrected chi connectivity index (χ1v) is 1.71. The molecule has 0 rings (SSSR count). The molecule has 0 amide bonds. The van der Waals surface area contributed by atoms with Gasteiger partial charge in [0.2, 0.25) is 0 Å². The molecule has 6 heavy (non-hydrogen) atoms. The van der Waals surface area contributed by atoms with Gasteiger partial charge in [-0.05, 0) is 0 Å². The van der Waals surface area contributed by atoms with Gasteiger partial charge in [0.1, 0.15) is 5.17 Å². The average Bonchev–Trinajstić information content (AvgIpc) is 1.36. The molecule has 0 unspecified atom stereocenters. The number of allylic oxidation sites excluding steroid dienone is 1. The second kappa shape index (κ2) is 1.82. The first kappa shape index (κ1) is 5.50. The maximum Gasteiger partial charge on any atom is 0.143 e. The highest BCUT2D eigenvalue weighted by molar-refractivity contribution is 6.68. The van der Waals surface area contributed by atoms with Crippen LogP contribution in [0.25, 0.3) is 0 Å². The van der Waals surface area contributed by atoms with Crippen molar-refractivity contribution in [3.05, 3.63) is 12.3 Å². The smallest absolute Gasteiger partial charge is 0.143 e. The predicted molar refractivity (Wildman–Crippen MR) is 26.9 cm³/mol. The van der Waals surface area contributed by atoms with Crippen LogP contribution < -0.4 is 5.73 Å². The normalized spacial score (nSPS) is 7.50. The summed E-state index contributed by atoms with van der Waals surface area (Å²) >= 11 is 4.97. The molecule has 0 aliphatic carbocycles. The Morgan fingerprint density at radius 1 is 1.83 bits per heavy atom. The molecule has 3 N–H and O–H groups in total. The minimum Gasteiger partial charge on any atom is -0.397 e. The molecule has 0 heterocycles. The summed E-state index contributed by atoms with van der Waals surface area (Å²) in [4.78, 5) is 0. The number of hydrogen-bond donors (Lipinski definition) is 2. The quantitative estimate of drug-likeness (QED) is 0.472. The van der Waals surface area contributed by atoms with Crippen LogP contribution in [0.1, 0.15) is 0 Å². The lowest BCUT2D eigenvalue weighted by molar-refractivity contribution is 1.45. The van der Waals surface area contributed by atoms with Crippen LogP contribution >= 0.6 is 11.6 Å². The molecule has 0 aromatic heterocycles. The van der Waals surface area contributed by atoms with Gasteiger partial charge in [0.05, 0.1) is 5.70 Å². The van der Waals surface area contributed by atoms with Crippen LogP contribution in [0.2, 0.25) is 0 Å². The fraction of sp³-hybridized carbons (Fsp3) is 0. The lowest BCUT2D eigenvalue weighted by Gasteiger charge is -1.83. The van der Waals surface area contributed by atoms with Crippen molar-refractivity contribution in [1.29, 1.82) is 5.41 Å². The van der Waals surface area contributed by atoms with Crippen molar-refractivity contribution < 1.29 is 0 Å². The van der Waals surface area contributed by atoms with Crippen LogP contribution in [0.3, 0.4) is 0 Å². The van der Waals surface area contributed by atoms with Crippen molar-refractivity contribution in [3.63, 3.8) is 0 Å². The molecule has 0 bridgehead atoms. The summed E-state index contributed by atoms with van der Waals surface area (Å²) in [5, 5.41) is 6.30. The molecule has 0 aliphatic heterocycles. The maximum atomic E-state index is 6.49. The van der Waals surface area contributed by atoms with E-state index < -0.39 is 0 Å². The van der Waals surface area contributed by atoms with Gasteiger partial charge in [-0.25, -0.2) is 0 Å². The van der Waals surface area contributed by atoms with E-state index in [1.54, 1.807) is 0 Å². The summed E-state index contributed by atoms with van der Waals surface area (Å²) in [5.74, 6) is 0. The van der Waals surface area contributed by atoms with E-state index in [1.165, 1.54) is 0 Å². The van der Waals surface area contributed by atoms with Crippen LogP contribution in [0.15, 0.2) is 12.3 Å². The maximum absolute atomic E-state index is 6.49. The zero-order valence-corrected chi connectivity index (χ0v) is 3.92. The van der Waals surface area contributed by atoms with Crippen molar-refractivity contribution >= 4 is 16.8 Å². The van der Waals surface area contributed by atoms with Gasteiger partial charge >= 0.3 is 0 Å². The van der Waals surface area contributed by atoms with Crippen LogP contribution in [0.4, 0.5) is 0 Å². The Bertz CT molecular complexity index is 74.8. The minimum absolute atomic E-state index is 0.108. The molecule has 0 aliphatic rings. The van der Waals surface area contributed by atoms with E-state index in [9.17, 15) is 0 Å². The predicted octanol–water partition coefficient (Wildman–Crippen LogP) is 0.675. The van der Waals surface area contributed by atoms with Crippen molar-refractivity contribution in [1.82, 2.24) is 0 Å². The Morgan fingerprint density at radius 3 is 2.00 bits per heavy atom.